The number of likely N-dealkylation sites (N-methyl/N-ethyl adjacent to an activating group) is 1. The Bertz CT molecular complexity index is 1060. The smallest absolute Gasteiger partial charge is 0.272 e. The Morgan fingerprint density at radius 2 is 1.93 bits per heavy atom. The number of nitrogens with zero attached hydrogens (tertiary/aromatic N) is 3. The highest BCUT2D eigenvalue weighted by Gasteiger charge is 2.27. The van der Waals surface area contributed by atoms with Gasteiger partial charge in [-0.15, -0.1) is 0 Å². The van der Waals surface area contributed by atoms with Gasteiger partial charge in [-0.2, -0.15) is 5.10 Å². The van der Waals surface area contributed by atoms with Crippen molar-refractivity contribution in [2.45, 2.75) is 25.3 Å². The second kappa shape index (κ2) is 8.58. The molecule has 1 aliphatic rings. The molecule has 1 atom stereocenters. The van der Waals surface area contributed by atoms with Crippen LogP contribution in [0.15, 0.2) is 48.5 Å². The van der Waals surface area contributed by atoms with Gasteiger partial charge >= 0.3 is 0 Å². The highest BCUT2D eigenvalue weighted by Crippen LogP contribution is 2.29. The lowest BCUT2D eigenvalue weighted by Crippen LogP contribution is -2.35. The van der Waals surface area contributed by atoms with Crippen LogP contribution in [0.25, 0.3) is 5.69 Å². The largest absolute Gasteiger partial charge is 0.349 e. The van der Waals surface area contributed by atoms with Crippen molar-refractivity contribution < 1.29 is 9.18 Å². The van der Waals surface area contributed by atoms with Crippen LogP contribution in [0.4, 0.5) is 4.39 Å². The van der Waals surface area contributed by atoms with Crippen LogP contribution in [0.2, 0.25) is 5.02 Å². The molecule has 0 bridgehead atoms. The highest BCUT2D eigenvalue weighted by atomic mass is 35.5. The van der Waals surface area contributed by atoms with Gasteiger partial charge in [-0.05, 0) is 69.3 Å². The lowest BCUT2D eigenvalue weighted by atomic mass is 10.1. The summed E-state index contributed by atoms with van der Waals surface area (Å²) in [6, 6.07) is 13.8. The fraction of sp³-hybridized carbons (Fsp3) is 0.304. The van der Waals surface area contributed by atoms with E-state index in [1.807, 2.05) is 43.3 Å². The molecule has 0 radical (unpaired) electrons. The minimum absolute atomic E-state index is 0.0603. The molecule has 5 nitrogen and oxygen atoms in total. The Labute approximate surface area is 180 Å². The quantitative estimate of drug-likeness (QED) is 0.643. The number of fused-ring (bicyclic) bond motifs is 1. The van der Waals surface area contributed by atoms with E-state index < -0.39 is 0 Å². The van der Waals surface area contributed by atoms with E-state index in [1.54, 1.807) is 16.8 Å². The average molecular weight is 427 g/mol. The molecule has 1 aromatic heterocycles. The van der Waals surface area contributed by atoms with Crippen molar-refractivity contribution in [2.75, 3.05) is 20.6 Å². The lowest BCUT2D eigenvalue weighted by Gasteiger charge is -2.25. The molecule has 1 aliphatic carbocycles. The molecule has 0 fully saturated rings. The fourth-order valence-electron chi connectivity index (χ4n) is 4.00. The first-order valence-electron chi connectivity index (χ1n) is 10.0. The second-order valence-electron chi connectivity index (χ2n) is 7.73. The molecule has 1 amide bonds. The van der Waals surface area contributed by atoms with E-state index in [-0.39, 0.29) is 17.8 Å². The topological polar surface area (TPSA) is 50.2 Å². The summed E-state index contributed by atoms with van der Waals surface area (Å²) < 4.78 is 15.1. The number of hydrogen-bond donors (Lipinski definition) is 1. The van der Waals surface area contributed by atoms with Gasteiger partial charge in [0.05, 0.1) is 11.7 Å². The standard InChI is InChI=1S/C23H24ClFN4O/c1-28(2)21(17-6-3-4-8-19(17)24)14-26-23(30)22-18-7-5-9-20(18)29(27-22)16-12-10-15(25)11-13-16/h3-4,6,8,10-13,21H,5,7,9,14H2,1-2H3,(H,26,30)/t21-/m0/s1. The third kappa shape index (κ3) is 3.98. The first-order chi connectivity index (χ1) is 14.5. The molecule has 0 spiro atoms. The van der Waals surface area contributed by atoms with E-state index in [1.165, 1.54) is 12.1 Å². The van der Waals surface area contributed by atoms with E-state index in [0.29, 0.717) is 17.3 Å². The van der Waals surface area contributed by atoms with Crippen LogP contribution in [0, 0.1) is 5.82 Å². The summed E-state index contributed by atoms with van der Waals surface area (Å²) in [6.45, 7) is 0.410. The second-order valence-corrected chi connectivity index (χ2v) is 8.13. The Kier molecular flexibility index (Phi) is 5.88. The maximum absolute atomic E-state index is 13.3. The number of halogens is 2. The zero-order chi connectivity index (χ0) is 21.3. The number of amides is 1. The van der Waals surface area contributed by atoms with Crippen LogP contribution in [-0.2, 0) is 12.8 Å². The molecule has 0 unspecified atom stereocenters. The number of carbonyl (C=O) groups excluding carboxylic acids is 1. The molecule has 2 aromatic carbocycles. The molecular formula is C23H24ClFN4O. The minimum Gasteiger partial charge on any atom is -0.349 e. The summed E-state index contributed by atoms with van der Waals surface area (Å²) in [5.41, 5.74) is 4.18. The first kappa shape index (κ1) is 20.6. The lowest BCUT2D eigenvalue weighted by molar-refractivity contribution is 0.0935. The summed E-state index contributed by atoms with van der Waals surface area (Å²) >= 11 is 6.37. The predicted molar refractivity (Wildman–Crippen MR) is 116 cm³/mol. The zero-order valence-corrected chi connectivity index (χ0v) is 17.8. The summed E-state index contributed by atoms with van der Waals surface area (Å²) in [5.74, 6) is -0.497. The maximum atomic E-state index is 13.3. The Balaban J connectivity index is 1.57. The summed E-state index contributed by atoms with van der Waals surface area (Å²) in [6.07, 6.45) is 2.66. The molecule has 0 saturated heterocycles. The zero-order valence-electron chi connectivity index (χ0n) is 17.0. The minimum atomic E-state index is -0.296. The van der Waals surface area contributed by atoms with Gasteiger partial charge < -0.3 is 10.2 Å². The van der Waals surface area contributed by atoms with Crippen molar-refractivity contribution in [3.63, 3.8) is 0 Å². The van der Waals surface area contributed by atoms with Crippen LogP contribution in [0.3, 0.4) is 0 Å². The van der Waals surface area contributed by atoms with Crippen molar-refractivity contribution in [1.82, 2.24) is 20.0 Å². The first-order valence-corrected chi connectivity index (χ1v) is 10.4. The van der Waals surface area contributed by atoms with Crippen molar-refractivity contribution in [1.29, 1.82) is 0 Å². The maximum Gasteiger partial charge on any atom is 0.272 e. The van der Waals surface area contributed by atoms with E-state index >= 15 is 0 Å². The predicted octanol–water partition coefficient (Wildman–Crippen LogP) is 4.19. The molecule has 0 saturated carbocycles. The van der Waals surface area contributed by atoms with E-state index in [4.69, 9.17) is 11.6 Å². The Morgan fingerprint density at radius 1 is 1.20 bits per heavy atom. The van der Waals surface area contributed by atoms with E-state index in [2.05, 4.69) is 10.4 Å². The summed E-state index contributed by atoms with van der Waals surface area (Å²) in [5, 5.41) is 8.29. The number of benzene rings is 2. The normalized spacial score (nSPS) is 14.0. The van der Waals surface area contributed by atoms with Crippen molar-refractivity contribution in [3.8, 4) is 5.69 Å². The van der Waals surface area contributed by atoms with Crippen LogP contribution in [0.5, 0.6) is 0 Å². The number of nitrogens with one attached hydrogen (secondary N) is 1. The number of rotatable bonds is 6. The van der Waals surface area contributed by atoms with Crippen LogP contribution >= 0.6 is 11.6 Å². The van der Waals surface area contributed by atoms with Crippen LogP contribution < -0.4 is 5.32 Å². The Hall–Kier alpha value is -2.70. The average Bonchev–Trinajstić information content (AvgIpc) is 3.32. The molecule has 156 valence electrons. The molecule has 7 heteroatoms. The van der Waals surface area contributed by atoms with Crippen molar-refractivity contribution >= 4 is 17.5 Å². The monoisotopic (exact) mass is 426 g/mol. The van der Waals surface area contributed by atoms with Gasteiger partial charge in [-0.3, -0.25) is 4.79 Å². The molecule has 3 aromatic rings. The van der Waals surface area contributed by atoms with Crippen molar-refractivity contribution in [2.24, 2.45) is 0 Å². The summed E-state index contributed by atoms with van der Waals surface area (Å²) in [7, 11) is 3.92. The van der Waals surface area contributed by atoms with Gasteiger partial charge in [0.1, 0.15) is 5.82 Å². The number of aromatic nitrogens is 2. The van der Waals surface area contributed by atoms with E-state index in [9.17, 15) is 9.18 Å². The molecule has 30 heavy (non-hydrogen) atoms. The Morgan fingerprint density at radius 3 is 2.63 bits per heavy atom. The molecule has 1 heterocycles. The van der Waals surface area contributed by atoms with Gasteiger partial charge in [-0.25, -0.2) is 9.07 Å². The van der Waals surface area contributed by atoms with Gasteiger partial charge in [0.2, 0.25) is 0 Å². The van der Waals surface area contributed by atoms with Crippen LogP contribution in [-0.4, -0.2) is 41.2 Å². The van der Waals surface area contributed by atoms with Gasteiger partial charge in [0.15, 0.2) is 5.69 Å². The van der Waals surface area contributed by atoms with Gasteiger partial charge in [0, 0.05) is 22.8 Å². The van der Waals surface area contributed by atoms with Crippen LogP contribution in [0.1, 0.15) is 39.8 Å². The molecule has 1 N–H and O–H groups in total. The van der Waals surface area contributed by atoms with Crippen molar-refractivity contribution in [3.05, 3.63) is 81.9 Å². The molecule has 4 rings (SSSR count). The highest BCUT2D eigenvalue weighted by molar-refractivity contribution is 6.31. The number of carbonyl (C=O) groups is 1. The third-order valence-electron chi connectivity index (χ3n) is 5.56. The molecular weight excluding hydrogens is 403 g/mol. The summed E-state index contributed by atoms with van der Waals surface area (Å²) in [4.78, 5) is 15.1. The van der Waals surface area contributed by atoms with Gasteiger partial charge in [0.25, 0.3) is 5.91 Å². The van der Waals surface area contributed by atoms with Gasteiger partial charge in [-0.1, -0.05) is 29.8 Å². The SMILES string of the molecule is CN(C)[C@@H](CNC(=O)c1nn(-c2ccc(F)cc2)c2c1CCC2)c1ccccc1Cl. The molecule has 0 aliphatic heterocycles. The fourth-order valence-corrected chi connectivity index (χ4v) is 4.27. The number of hydrogen-bond acceptors (Lipinski definition) is 3. The third-order valence-corrected chi connectivity index (χ3v) is 5.90. The van der Waals surface area contributed by atoms with E-state index in [0.717, 1.165) is 41.8 Å².